The van der Waals surface area contributed by atoms with Crippen molar-refractivity contribution < 1.29 is 64.7 Å². The van der Waals surface area contributed by atoms with Crippen LogP contribution in [0.4, 0.5) is 0 Å². The highest BCUT2D eigenvalue weighted by atomic mass is 16.7. The standard InChI is InChI=1S/C33H44O13/c1-15-24(16(2)36)28(38)26-21(27(15)37)10-20(31(41)42)11-22(26)45-32-29(39)30(40)33(43,23(12-35)46-32)8-6-17-4-3-5-18-13-44-14-19(7-9-34)25(17)18/h10-11,17-19,23,25,29-30,32,34-35,37-40,43H,3-9,12-14H2,1-2H3,(H,41,42)/t17-,18-,19+,23+,25+,29+,30+,32-,33+/m0/s1. The molecule has 46 heavy (non-hydrogen) atoms. The number of aliphatic hydroxyl groups is 5. The molecule has 0 unspecified atom stereocenters. The topological polar surface area (TPSA) is 224 Å². The van der Waals surface area contributed by atoms with Gasteiger partial charge in [0.05, 0.1) is 23.1 Å². The summed E-state index contributed by atoms with van der Waals surface area (Å²) in [5.74, 6) is -2.53. The molecule has 13 nitrogen and oxygen atoms in total. The van der Waals surface area contributed by atoms with Crippen molar-refractivity contribution in [3.63, 3.8) is 0 Å². The van der Waals surface area contributed by atoms with Crippen molar-refractivity contribution in [1.82, 2.24) is 0 Å². The summed E-state index contributed by atoms with van der Waals surface area (Å²) < 4.78 is 17.5. The molecule has 3 aliphatic rings. The summed E-state index contributed by atoms with van der Waals surface area (Å²) in [4.78, 5) is 24.3. The quantitative estimate of drug-likeness (QED) is 0.136. The molecule has 2 aliphatic heterocycles. The first-order valence-electron chi connectivity index (χ1n) is 15.8. The van der Waals surface area contributed by atoms with Crippen molar-refractivity contribution in [1.29, 1.82) is 0 Å². The largest absolute Gasteiger partial charge is 0.507 e. The Hall–Kier alpha value is -3.04. The minimum absolute atomic E-state index is 0.0168. The number of phenolic OH excluding ortho intramolecular Hbond substituents is 2. The Morgan fingerprint density at radius 3 is 2.43 bits per heavy atom. The van der Waals surface area contributed by atoms with Crippen LogP contribution in [0.15, 0.2) is 12.1 Å². The van der Waals surface area contributed by atoms with Crippen LogP contribution in [0.2, 0.25) is 0 Å². The third kappa shape index (κ3) is 6.05. The van der Waals surface area contributed by atoms with Gasteiger partial charge in [-0.2, -0.15) is 0 Å². The van der Waals surface area contributed by atoms with E-state index in [2.05, 4.69) is 0 Å². The van der Waals surface area contributed by atoms with E-state index in [1.54, 1.807) is 0 Å². The lowest BCUT2D eigenvalue weighted by molar-refractivity contribution is -0.315. The van der Waals surface area contributed by atoms with Crippen LogP contribution < -0.4 is 4.74 Å². The summed E-state index contributed by atoms with van der Waals surface area (Å²) in [6.45, 7) is 3.03. The average molecular weight is 649 g/mol. The molecule has 5 rings (SSSR count). The second kappa shape index (κ2) is 13.6. The second-order valence-corrected chi connectivity index (χ2v) is 13.1. The van der Waals surface area contributed by atoms with Crippen molar-refractivity contribution >= 4 is 22.5 Å². The van der Waals surface area contributed by atoms with E-state index in [4.69, 9.17) is 14.2 Å². The zero-order chi connectivity index (χ0) is 33.5. The number of carboxylic acid groups (broad SMARTS) is 1. The summed E-state index contributed by atoms with van der Waals surface area (Å²) in [5.41, 5.74) is -2.63. The molecule has 0 bridgehead atoms. The molecule has 0 amide bonds. The fraction of sp³-hybridized carbons (Fsp3) is 0.636. The number of Topliss-reactive ketones (excluding diaryl/α,β-unsaturated/α-hetero) is 1. The predicted molar refractivity (Wildman–Crippen MR) is 162 cm³/mol. The summed E-state index contributed by atoms with van der Waals surface area (Å²) in [6.07, 6.45) is -3.03. The normalized spacial score (nSPS) is 33.0. The van der Waals surface area contributed by atoms with Crippen molar-refractivity contribution in [2.24, 2.45) is 23.7 Å². The maximum Gasteiger partial charge on any atom is 0.335 e. The molecule has 3 fully saturated rings. The Morgan fingerprint density at radius 2 is 1.78 bits per heavy atom. The Balaban J connectivity index is 1.43. The Morgan fingerprint density at radius 1 is 1.04 bits per heavy atom. The molecule has 13 heteroatoms. The van der Waals surface area contributed by atoms with Crippen LogP contribution in [0, 0.1) is 30.6 Å². The van der Waals surface area contributed by atoms with Gasteiger partial charge in [0.25, 0.3) is 0 Å². The third-order valence-electron chi connectivity index (χ3n) is 10.4. The molecule has 1 aliphatic carbocycles. The highest BCUT2D eigenvalue weighted by Crippen LogP contribution is 2.48. The number of ether oxygens (including phenoxy) is 3. The molecular formula is C33H44O13. The number of aliphatic hydroxyl groups excluding tert-OH is 4. The fourth-order valence-electron chi connectivity index (χ4n) is 8.10. The molecule has 254 valence electrons. The number of hydrogen-bond donors (Lipinski definition) is 8. The van der Waals surface area contributed by atoms with Gasteiger partial charge in [0, 0.05) is 30.8 Å². The number of aromatic carboxylic acids is 1. The number of ketones is 1. The molecule has 2 saturated heterocycles. The van der Waals surface area contributed by atoms with Crippen LogP contribution in [0.5, 0.6) is 17.2 Å². The van der Waals surface area contributed by atoms with E-state index in [1.807, 2.05) is 0 Å². The number of fused-ring (bicyclic) bond motifs is 2. The van der Waals surface area contributed by atoms with Crippen LogP contribution in [0.3, 0.4) is 0 Å². The molecule has 2 heterocycles. The SMILES string of the molecule is CC(=O)c1c(C)c(O)c2cc(C(=O)O)cc(O[C@H]3O[C@H](CO)[C@](O)(CC[C@@H]4CCC[C@H]5COC[C@@H](CCO)[C@H]45)[C@H](O)[C@H]3O)c2c1O. The summed E-state index contributed by atoms with van der Waals surface area (Å²) >= 11 is 0. The van der Waals surface area contributed by atoms with Gasteiger partial charge in [-0.05, 0) is 75.3 Å². The van der Waals surface area contributed by atoms with Gasteiger partial charge in [-0.25, -0.2) is 4.79 Å². The predicted octanol–water partition coefficient (Wildman–Crippen LogP) is 1.85. The number of carboxylic acids is 1. The van der Waals surface area contributed by atoms with Gasteiger partial charge in [0.2, 0.25) is 6.29 Å². The van der Waals surface area contributed by atoms with E-state index in [-0.39, 0.29) is 64.0 Å². The number of phenols is 2. The first-order chi connectivity index (χ1) is 21.8. The van der Waals surface area contributed by atoms with Gasteiger partial charge in [0.15, 0.2) is 5.78 Å². The average Bonchev–Trinajstić information content (AvgIpc) is 3.02. The fourth-order valence-corrected chi connectivity index (χ4v) is 8.10. The van der Waals surface area contributed by atoms with E-state index in [1.165, 1.54) is 13.8 Å². The minimum Gasteiger partial charge on any atom is -0.507 e. The first-order valence-corrected chi connectivity index (χ1v) is 15.8. The molecule has 2 aromatic carbocycles. The third-order valence-corrected chi connectivity index (χ3v) is 10.4. The maximum atomic E-state index is 12.3. The van der Waals surface area contributed by atoms with Gasteiger partial charge < -0.3 is 55.1 Å². The van der Waals surface area contributed by atoms with Crippen LogP contribution in [0.25, 0.3) is 10.8 Å². The van der Waals surface area contributed by atoms with Gasteiger partial charge in [-0.15, -0.1) is 0 Å². The smallest absolute Gasteiger partial charge is 0.335 e. The highest BCUT2D eigenvalue weighted by molar-refractivity contribution is 6.11. The number of hydrogen-bond acceptors (Lipinski definition) is 12. The lowest BCUT2D eigenvalue weighted by Crippen LogP contribution is -2.68. The lowest BCUT2D eigenvalue weighted by Gasteiger charge is -2.50. The van der Waals surface area contributed by atoms with Crippen molar-refractivity contribution in [3.05, 3.63) is 28.8 Å². The van der Waals surface area contributed by atoms with Gasteiger partial charge >= 0.3 is 5.97 Å². The number of benzene rings is 2. The van der Waals surface area contributed by atoms with E-state index in [0.29, 0.717) is 32.0 Å². The van der Waals surface area contributed by atoms with Gasteiger partial charge in [0.1, 0.15) is 41.2 Å². The van der Waals surface area contributed by atoms with Crippen molar-refractivity contribution in [2.75, 3.05) is 26.4 Å². The molecule has 2 aromatic rings. The van der Waals surface area contributed by atoms with E-state index in [9.17, 15) is 50.4 Å². The summed E-state index contributed by atoms with van der Waals surface area (Å²) in [7, 11) is 0. The molecule has 8 N–H and O–H groups in total. The number of carbonyl (C=O) groups excluding carboxylic acids is 1. The Bertz CT molecular complexity index is 1450. The van der Waals surface area contributed by atoms with Crippen LogP contribution in [-0.4, -0.2) is 109 Å². The maximum absolute atomic E-state index is 12.3. The second-order valence-electron chi connectivity index (χ2n) is 13.1. The number of aromatic hydroxyl groups is 2. The molecule has 9 atom stereocenters. The van der Waals surface area contributed by atoms with E-state index >= 15 is 0 Å². The number of carbonyl (C=O) groups is 2. The molecule has 1 saturated carbocycles. The van der Waals surface area contributed by atoms with Crippen LogP contribution in [0.1, 0.15) is 71.7 Å². The first kappa shape index (κ1) is 34.3. The van der Waals surface area contributed by atoms with Crippen molar-refractivity contribution in [3.8, 4) is 17.2 Å². The summed E-state index contributed by atoms with van der Waals surface area (Å²) in [5, 5.41) is 85.4. The molecule has 0 aromatic heterocycles. The minimum atomic E-state index is -2.08. The number of rotatable bonds is 10. The van der Waals surface area contributed by atoms with Crippen LogP contribution >= 0.6 is 0 Å². The Kier molecular flexibility index (Phi) is 10.1. The van der Waals surface area contributed by atoms with Gasteiger partial charge in [-0.1, -0.05) is 12.8 Å². The Labute approximate surface area is 266 Å². The van der Waals surface area contributed by atoms with E-state index in [0.717, 1.165) is 31.4 Å². The zero-order valence-corrected chi connectivity index (χ0v) is 26.0. The molecule has 0 radical (unpaired) electrons. The lowest BCUT2D eigenvalue weighted by atomic mass is 9.63. The monoisotopic (exact) mass is 648 g/mol. The van der Waals surface area contributed by atoms with Crippen LogP contribution in [-0.2, 0) is 9.47 Å². The molecular weight excluding hydrogens is 604 g/mol. The zero-order valence-electron chi connectivity index (χ0n) is 26.0. The van der Waals surface area contributed by atoms with Crippen molar-refractivity contribution in [2.45, 2.75) is 82.6 Å². The van der Waals surface area contributed by atoms with Gasteiger partial charge in [-0.3, -0.25) is 4.79 Å². The molecule has 0 spiro atoms. The van der Waals surface area contributed by atoms with E-state index < -0.39 is 60.1 Å². The highest BCUT2D eigenvalue weighted by Gasteiger charge is 2.56. The summed E-state index contributed by atoms with van der Waals surface area (Å²) in [6, 6.07) is 2.11.